The zero-order valence-corrected chi connectivity index (χ0v) is 11.7. The van der Waals surface area contributed by atoms with E-state index in [1.54, 1.807) is 6.92 Å². The first-order chi connectivity index (χ1) is 9.28. The average Bonchev–Trinajstić information content (AvgIpc) is 2.33. The summed E-state index contributed by atoms with van der Waals surface area (Å²) in [7, 11) is 0. The highest BCUT2D eigenvalue weighted by molar-refractivity contribution is 8.00. The van der Waals surface area contributed by atoms with Crippen molar-refractivity contribution in [1.29, 1.82) is 5.26 Å². The Kier molecular flexibility index (Phi) is 5.45. The van der Waals surface area contributed by atoms with Gasteiger partial charge in [0.15, 0.2) is 0 Å². The van der Waals surface area contributed by atoms with Gasteiger partial charge in [0.05, 0.1) is 24.7 Å². The minimum Gasteiger partial charge on any atom is -0.466 e. The van der Waals surface area contributed by atoms with E-state index in [1.807, 2.05) is 6.07 Å². The summed E-state index contributed by atoms with van der Waals surface area (Å²) >= 11 is -0.260. The Labute approximate surface area is 118 Å². The highest BCUT2D eigenvalue weighted by Gasteiger charge is 2.30. The second-order valence-electron chi connectivity index (χ2n) is 3.86. The van der Waals surface area contributed by atoms with Crippen LogP contribution in [0.5, 0.6) is 0 Å². The predicted octanol–water partition coefficient (Wildman–Crippen LogP) is 3.58. The number of rotatable bonds is 4. The monoisotopic (exact) mass is 303 g/mol. The van der Waals surface area contributed by atoms with Gasteiger partial charge in [-0.1, -0.05) is 0 Å². The average molecular weight is 303 g/mol. The Morgan fingerprint density at radius 2 is 2.10 bits per heavy atom. The van der Waals surface area contributed by atoms with Gasteiger partial charge in [0.25, 0.3) is 0 Å². The second kappa shape index (κ2) is 6.66. The standard InChI is InChI=1S/C13H12F3NO2S/c1-3-19-12(18)6-10-8(2)11(20-13(14,15)16)5-4-9(10)7-17/h4-5H,3,6H2,1-2H3. The van der Waals surface area contributed by atoms with E-state index in [1.165, 1.54) is 19.1 Å². The number of hydrogen-bond acceptors (Lipinski definition) is 4. The van der Waals surface area contributed by atoms with Crippen LogP contribution < -0.4 is 0 Å². The molecule has 0 spiro atoms. The topological polar surface area (TPSA) is 50.1 Å². The molecule has 1 rings (SSSR count). The van der Waals surface area contributed by atoms with Gasteiger partial charge in [-0.15, -0.1) is 0 Å². The molecule has 0 aliphatic carbocycles. The molecule has 0 radical (unpaired) electrons. The third-order valence-electron chi connectivity index (χ3n) is 2.52. The molecule has 20 heavy (non-hydrogen) atoms. The molecule has 0 aromatic heterocycles. The third kappa shape index (κ3) is 4.46. The number of halogens is 3. The summed E-state index contributed by atoms with van der Waals surface area (Å²) in [5.74, 6) is -0.568. The first-order valence-electron chi connectivity index (χ1n) is 5.72. The highest BCUT2D eigenvalue weighted by atomic mass is 32.2. The van der Waals surface area contributed by atoms with Crippen LogP contribution in [0.2, 0.25) is 0 Å². The Balaban J connectivity index is 3.16. The summed E-state index contributed by atoms with van der Waals surface area (Å²) in [6.07, 6.45) is -0.213. The maximum atomic E-state index is 12.4. The summed E-state index contributed by atoms with van der Waals surface area (Å²) in [5, 5.41) is 8.98. The van der Waals surface area contributed by atoms with Gasteiger partial charge in [-0.05, 0) is 48.9 Å². The zero-order chi connectivity index (χ0) is 15.3. The van der Waals surface area contributed by atoms with Crippen LogP contribution in [0.15, 0.2) is 17.0 Å². The molecule has 0 heterocycles. The maximum Gasteiger partial charge on any atom is 0.446 e. The fraction of sp³-hybridized carbons (Fsp3) is 0.385. The number of benzene rings is 1. The van der Waals surface area contributed by atoms with Gasteiger partial charge < -0.3 is 4.74 Å². The number of nitrogens with zero attached hydrogens (tertiary/aromatic N) is 1. The van der Waals surface area contributed by atoms with Crippen molar-refractivity contribution in [1.82, 2.24) is 0 Å². The van der Waals surface area contributed by atoms with Gasteiger partial charge in [-0.25, -0.2) is 0 Å². The molecule has 0 atom stereocenters. The van der Waals surface area contributed by atoms with Crippen molar-refractivity contribution in [2.75, 3.05) is 6.61 Å². The van der Waals surface area contributed by atoms with Gasteiger partial charge in [-0.2, -0.15) is 18.4 Å². The third-order valence-corrected chi connectivity index (χ3v) is 3.41. The number of hydrogen-bond donors (Lipinski definition) is 0. The van der Waals surface area contributed by atoms with E-state index >= 15 is 0 Å². The second-order valence-corrected chi connectivity index (χ2v) is 4.96. The summed E-state index contributed by atoms with van der Waals surface area (Å²) in [4.78, 5) is 11.5. The van der Waals surface area contributed by atoms with E-state index in [-0.39, 0.29) is 46.4 Å². The Bertz CT molecular complexity index is 550. The fourth-order valence-corrected chi connectivity index (χ4v) is 2.32. The number of carbonyl (C=O) groups is 1. The van der Waals surface area contributed by atoms with Crippen molar-refractivity contribution in [2.24, 2.45) is 0 Å². The molecule has 1 aromatic carbocycles. The summed E-state index contributed by atoms with van der Waals surface area (Å²) in [5.41, 5.74) is -3.68. The van der Waals surface area contributed by atoms with Gasteiger partial charge in [-0.3, -0.25) is 4.79 Å². The van der Waals surface area contributed by atoms with Gasteiger partial charge in [0.1, 0.15) is 0 Å². The van der Waals surface area contributed by atoms with Crippen molar-refractivity contribution in [3.05, 3.63) is 28.8 Å². The molecule has 0 saturated heterocycles. The first kappa shape index (κ1) is 16.4. The van der Waals surface area contributed by atoms with Gasteiger partial charge >= 0.3 is 11.5 Å². The minimum atomic E-state index is -4.42. The van der Waals surface area contributed by atoms with Crippen molar-refractivity contribution >= 4 is 17.7 Å². The van der Waals surface area contributed by atoms with Crippen LogP contribution >= 0.6 is 11.8 Å². The highest BCUT2D eigenvalue weighted by Crippen LogP contribution is 2.39. The molecule has 0 aliphatic heterocycles. The lowest BCUT2D eigenvalue weighted by Crippen LogP contribution is -2.11. The number of alkyl halides is 3. The Hall–Kier alpha value is -1.68. The van der Waals surface area contributed by atoms with Gasteiger partial charge in [0.2, 0.25) is 0 Å². The van der Waals surface area contributed by atoms with Gasteiger partial charge in [0, 0.05) is 4.90 Å². The zero-order valence-electron chi connectivity index (χ0n) is 10.9. The van der Waals surface area contributed by atoms with E-state index in [0.29, 0.717) is 0 Å². The largest absolute Gasteiger partial charge is 0.466 e. The van der Waals surface area contributed by atoms with Crippen LogP contribution in [0.1, 0.15) is 23.6 Å². The quantitative estimate of drug-likeness (QED) is 0.630. The Morgan fingerprint density at radius 3 is 2.60 bits per heavy atom. The molecule has 0 saturated carbocycles. The van der Waals surface area contributed by atoms with Crippen LogP contribution in [0.3, 0.4) is 0 Å². The molecule has 0 unspecified atom stereocenters. The molecule has 108 valence electrons. The van der Waals surface area contributed by atoms with E-state index in [2.05, 4.69) is 0 Å². The molecule has 1 aromatic rings. The predicted molar refractivity (Wildman–Crippen MR) is 68.1 cm³/mol. The maximum absolute atomic E-state index is 12.4. The van der Waals surface area contributed by atoms with Crippen LogP contribution in [0.25, 0.3) is 0 Å². The summed E-state index contributed by atoms with van der Waals surface area (Å²) < 4.78 is 42.0. The lowest BCUT2D eigenvalue weighted by Gasteiger charge is -2.13. The normalized spacial score (nSPS) is 11.0. The molecule has 0 aliphatic rings. The lowest BCUT2D eigenvalue weighted by molar-refractivity contribution is -0.142. The smallest absolute Gasteiger partial charge is 0.446 e. The van der Waals surface area contributed by atoms with Crippen molar-refractivity contribution in [2.45, 2.75) is 30.7 Å². The number of esters is 1. The van der Waals surface area contributed by atoms with Crippen molar-refractivity contribution < 1.29 is 22.7 Å². The van der Waals surface area contributed by atoms with E-state index < -0.39 is 11.5 Å². The van der Waals surface area contributed by atoms with Crippen LogP contribution in [0.4, 0.5) is 13.2 Å². The number of ether oxygens (including phenoxy) is 1. The Morgan fingerprint density at radius 1 is 1.45 bits per heavy atom. The molecule has 7 heteroatoms. The number of nitriles is 1. The molecule has 0 bridgehead atoms. The van der Waals surface area contributed by atoms with E-state index in [0.717, 1.165) is 0 Å². The SMILES string of the molecule is CCOC(=O)Cc1c(C#N)ccc(SC(F)(F)F)c1C. The van der Waals surface area contributed by atoms with E-state index in [4.69, 9.17) is 10.00 Å². The molecule has 0 N–H and O–H groups in total. The molecular weight excluding hydrogens is 291 g/mol. The lowest BCUT2D eigenvalue weighted by atomic mass is 10.00. The minimum absolute atomic E-state index is 0.0178. The fourth-order valence-electron chi connectivity index (χ4n) is 1.66. The van der Waals surface area contributed by atoms with E-state index in [9.17, 15) is 18.0 Å². The van der Waals surface area contributed by atoms with Crippen molar-refractivity contribution in [3.8, 4) is 6.07 Å². The summed E-state index contributed by atoms with van der Waals surface area (Å²) in [6.45, 7) is 3.27. The summed E-state index contributed by atoms with van der Waals surface area (Å²) in [6, 6.07) is 4.40. The van der Waals surface area contributed by atoms with Crippen LogP contribution in [-0.2, 0) is 16.0 Å². The van der Waals surface area contributed by atoms with Crippen LogP contribution in [0, 0.1) is 18.3 Å². The van der Waals surface area contributed by atoms with Crippen molar-refractivity contribution in [3.63, 3.8) is 0 Å². The van der Waals surface area contributed by atoms with Crippen LogP contribution in [-0.4, -0.2) is 18.1 Å². The molecule has 0 fully saturated rings. The number of carbonyl (C=O) groups excluding carboxylic acids is 1. The first-order valence-corrected chi connectivity index (χ1v) is 6.54. The molecular formula is C13H12F3NO2S. The number of thioether (sulfide) groups is 1. The molecule has 3 nitrogen and oxygen atoms in total. The molecule has 0 amide bonds.